The summed E-state index contributed by atoms with van der Waals surface area (Å²) in [4.78, 5) is 7.49. The summed E-state index contributed by atoms with van der Waals surface area (Å²) in [5, 5.41) is 14.5. The highest BCUT2D eigenvalue weighted by Crippen LogP contribution is 2.31. The molecule has 0 fully saturated rings. The van der Waals surface area contributed by atoms with E-state index in [4.69, 9.17) is 5.11 Å². The van der Waals surface area contributed by atoms with Gasteiger partial charge in [0.05, 0.1) is 6.61 Å². The summed E-state index contributed by atoms with van der Waals surface area (Å²) in [5.41, 5.74) is 0.461. The summed E-state index contributed by atoms with van der Waals surface area (Å²) >= 11 is 3.36. The third-order valence-electron chi connectivity index (χ3n) is 3.10. The van der Waals surface area contributed by atoms with Gasteiger partial charge in [0.1, 0.15) is 5.82 Å². The van der Waals surface area contributed by atoms with E-state index in [2.05, 4.69) is 36.5 Å². The Kier molecular flexibility index (Phi) is 5.66. The van der Waals surface area contributed by atoms with Crippen LogP contribution in [0.3, 0.4) is 0 Å². The van der Waals surface area contributed by atoms with Crippen molar-refractivity contribution in [3.63, 3.8) is 0 Å². The molecular weight excluding hydrogens is 389 g/mol. The minimum Gasteiger partial charge on any atom is -0.394 e. The van der Waals surface area contributed by atoms with Crippen molar-refractivity contribution in [1.82, 2.24) is 9.97 Å². The fourth-order valence-corrected chi connectivity index (χ4v) is 2.10. The second kappa shape index (κ2) is 7.35. The topological polar surface area (TPSA) is 70.1 Å². The highest BCUT2D eigenvalue weighted by molar-refractivity contribution is 9.10. The van der Waals surface area contributed by atoms with Crippen molar-refractivity contribution in [2.75, 3.05) is 17.2 Å². The number of rotatable bonds is 5. The summed E-state index contributed by atoms with van der Waals surface area (Å²) in [7, 11) is 0. The smallest absolute Gasteiger partial charge is 0.394 e. The third-order valence-corrected chi connectivity index (χ3v) is 3.99. The molecule has 0 amide bonds. The van der Waals surface area contributed by atoms with Crippen molar-refractivity contribution >= 4 is 33.4 Å². The molecule has 5 nitrogen and oxygen atoms in total. The number of nitrogens with one attached hydrogen (secondary N) is 2. The van der Waals surface area contributed by atoms with Crippen LogP contribution in [0.1, 0.15) is 18.2 Å². The van der Waals surface area contributed by atoms with Crippen molar-refractivity contribution in [2.24, 2.45) is 0 Å². The molecule has 1 aromatic heterocycles. The van der Waals surface area contributed by atoms with Gasteiger partial charge in [-0.15, -0.1) is 0 Å². The highest BCUT2D eigenvalue weighted by atomic mass is 79.9. The lowest BCUT2D eigenvalue weighted by Gasteiger charge is -2.15. The molecule has 0 aliphatic heterocycles. The fraction of sp³-hybridized carbons (Fsp3) is 0.333. The van der Waals surface area contributed by atoms with E-state index in [0.29, 0.717) is 5.69 Å². The molecule has 0 saturated heterocycles. The lowest BCUT2D eigenvalue weighted by molar-refractivity contribution is -0.141. The number of aromatic nitrogens is 2. The zero-order valence-corrected chi connectivity index (χ0v) is 14.5. The number of aliphatic hydroxyl groups is 1. The zero-order valence-electron chi connectivity index (χ0n) is 12.9. The molecule has 0 aliphatic carbocycles. The molecule has 2 rings (SSSR count). The quantitative estimate of drug-likeness (QED) is 0.699. The maximum absolute atomic E-state index is 13.0. The van der Waals surface area contributed by atoms with Crippen LogP contribution in [0.2, 0.25) is 0 Å². The maximum atomic E-state index is 13.0. The van der Waals surface area contributed by atoms with Crippen molar-refractivity contribution < 1.29 is 18.3 Å². The number of aryl methyl sites for hydroxylation is 1. The van der Waals surface area contributed by atoms with E-state index >= 15 is 0 Å². The van der Waals surface area contributed by atoms with E-state index in [9.17, 15) is 13.2 Å². The molecule has 1 aromatic carbocycles. The molecule has 1 atom stereocenters. The van der Waals surface area contributed by atoms with Gasteiger partial charge in [-0.1, -0.05) is 15.9 Å². The predicted molar refractivity (Wildman–Crippen MR) is 89.4 cm³/mol. The van der Waals surface area contributed by atoms with Crippen LogP contribution >= 0.6 is 15.9 Å². The summed E-state index contributed by atoms with van der Waals surface area (Å²) in [6, 6.07) is 5.65. The van der Waals surface area contributed by atoms with E-state index in [1.807, 2.05) is 6.92 Å². The van der Waals surface area contributed by atoms with Gasteiger partial charge in [0.25, 0.3) is 0 Å². The molecular formula is C15H16BrF3N4O. The van der Waals surface area contributed by atoms with Crippen molar-refractivity contribution in [3.05, 3.63) is 40.0 Å². The Hall–Kier alpha value is -1.87. The summed E-state index contributed by atoms with van der Waals surface area (Å²) < 4.78 is 40.0. The van der Waals surface area contributed by atoms with Gasteiger partial charge in [-0.25, -0.2) is 4.98 Å². The Labute approximate surface area is 145 Å². The number of hydrogen-bond donors (Lipinski definition) is 3. The third kappa shape index (κ3) is 4.81. The van der Waals surface area contributed by atoms with Crippen molar-refractivity contribution in [2.45, 2.75) is 26.1 Å². The molecule has 0 aliphatic rings. The first-order chi connectivity index (χ1) is 11.2. The van der Waals surface area contributed by atoms with E-state index in [1.54, 1.807) is 25.1 Å². The van der Waals surface area contributed by atoms with Gasteiger partial charge < -0.3 is 15.7 Å². The van der Waals surface area contributed by atoms with E-state index < -0.39 is 17.9 Å². The van der Waals surface area contributed by atoms with Crippen LogP contribution in [-0.4, -0.2) is 27.7 Å². The largest absolute Gasteiger partial charge is 0.433 e. The van der Waals surface area contributed by atoms with Gasteiger partial charge in [-0.2, -0.15) is 18.2 Å². The average Bonchev–Trinajstić information content (AvgIpc) is 2.49. The molecule has 130 valence electrons. The molecule has 9 heteroatoms. The summed E-state index contributed by atoms with van der Waals surface area (Å²) in [6.07, 6.45) is -4.60. The maximum Gasteiger partial charge on any atom is 0.433 e. The van der Waals surface area contributed by atoms with Crippen LogP contribution < -0.4 is 10.6 Å². The monoisotopic (exact) mass is 404 g/mol. The van der Waals surface area contributed by atoms with Gasteiger partial charge >= 0.3 is 6.18 Å². The van der Waals surface area contributed by atoms with Crippen molar-refractivity contribution in [3.8, 4) is 0 Å². The number of alkyl halides is 3. The lowest BCUT2D eigenvalue weighted by atomic mass is 10.2. The SMILES string of the molecule is Cc1cc(Nc2cc(C(F)(F)F)nc(N[C@H](C)CO)n2)ccc1Br. The minimum absolute atomic E-state index is 0.00619. The first kappa shape index (κ1) is 18.5. The molecule has 0 radical (unpaired) electrons. The van der Waals surface area contributed by atoms with Crippen molar-refractivity contribution in [1.29, 1.82) is 0 Å². The number of hydrogen-bond acceptors (Lipinski definition) is 5. The molecule has 0 unspecified atom stereocenters. The Morgan fingerprint density at radius 3 is 2.54 bits per heavy atom. The Bertz CT molecular complexity index is 724. The van der Waals surface area contributed by atoms with Gasteiger partial charge in [-0.3, -0.25) is 0 Å². The summed E-state index contributed by atoms with van der Waals surface area (Å²) in [6.45, 7) is 3.22. The molecule has 0 bridgehead atoms. The Balaban J connectivity index is 2.36. The molecule has 1 heterocycles. The first-order valence-electron chi connectivity index (χ1n) is 7.06. The van der Waals surface area contributed by atoms with Crippen LogP contribution in [0, 0.1) is 6.92 Å². The summed E-state index contributed by atoms with van der Waals surface area (Å²) in [5.74, 6) is -0.200. The van der Waals surface area contributed by atoms with Gasteiger partial charge in [0.2, 0.25) is 5.95 Å². The van der Waals surface area contributed by atoms with Crippen LogP contribution in [-0.2, 0) is 6.18 Å². The molecule has 24 heavy (non-hydrogen) atoms. The van der Waals surface area contributed by atoms with Gasteiger partial charge in [0.15, 0.2) is 5.69 Å². The molecule has 0 saturated carbocycles. The highest BCUT2D eigenvalue weighted by Gasteiger charge is 2.34. The first-order valence-corrected chi connectivity index (χ1v) is 7.85. The van der Waals surface area contributed by atoms with Crippen LogP contribution in [0.15, 0.2) is 28.7 Å². The standard InChI is InChI=1S/C15H16BrF3N4O/c1-8-5-10(3-4-11(8)16)21-13-6-12(15(17,18)19)22-14(23-13)20-9(2)7-24/h3-6,9,24H,7H2,1-2H3,(H2,20,21,22,23)/t9-/m1/s1. The Morgan fingerprint density at radius 1 is 1.25 bits per heavy atom. The Morgan fingerprint density at radius 2 is 1.96 bits per heavy atom. The number of anilines is 3. The zero-order chi connectivity index (χ0) is 17.9. The molecule has 0 spiro atoms. The van der Waals surface area contributed by atoms with E-state index in [0.717, 1.165) is 16.1 Å². The van der Waals surface area contributed by atoms with Crippen LogP contribution in [0.5, 0.6) is 0 Å². The minimum atomic E-state index is -4.60. The van der Waals surface area contributed by atoms with Crippen LogP contribution in [0.4, 0.5) is 30.6 Å². The lowest BCUT2D eigenvalue weighted by Crippen LogP contribution is -2.22. The number of nitrogens with zero attached hydrogens (tertiary/aromatic N) is 2. The fourth-order valence-electron chi connectivity index (χ4n) is 1.86. The average molecular weight is 405 g/mol. The molecule has 2 aromatic rings. The van der Waals surface area contributed by atoms with E-state index in [-0.39, 0.29) is 18.4 Å². The van der Waals surface area contributed by atoms with Crippen LogP contribution in [0.25, 0.3) is 0 Å². The molecule has 3 N–H and O–H groups in total. The van der Waals surface area contributed by atoms with Gasteiger partial charge in [-0.05, 0) is 37.6 Å². The van der Waals surface area contributed by atoms with E-state index in [1.165, 1.54) is 0 Å². The number of halogens is 4. The van der Waals surface area contributed by atoms with Gasteiger partial charge in [0, 0.05) is 22.3 Å². The predicted octanol–water partition coefficient (Wildman–Crippen LogP) is 4.10. The second-order valence-electron chi connectivity index (χ2n) is 5.28. The number of aliphatic hydroxyl groups excluding tert-OH is 1. The normalized spacial score (nSPS) is 12.8. The second-order valence-corrected chi connectivity index (χ2v) is 6.13. The number of benzene rings is 1.